The van der Waals surface area contributed by atoms with Crippen LogP contribution in [0.25, 0.3) is 74.3 Å². The summed E-state index contributed by atoms with van der Waals surface area (Å²) >= 11 is 1.86. The van der Waals surface area contributed by atoms with E-state index in [1.807, 2.05) is 11.3 Å². The first-order chi connectivity index (χ1) is 24.2. The quantitative estimate of drug-likeness (QED) is 0.146. The number of benzene rings is 8. The molecule has 0 radical (unpaired) electrons. The molecule has 0 amide bonds. The van der Waals surface area contributed by atoms with Gasteiger partial charge in [0.05, 0.1) is 11.0 Å². The molecule has 0 aliphatic rings. The maximum Gasteiger partial charge on any atom is 0.0568 e. The number of aryl methyl sites for hydroxylation is 1. The minimum atomic E-state index is 1.02. The van der Waals surface area contributed by atoms with Crippen molar-refractivity contribution < 1.29 is 0 Å². The zero-order valence-electron chi connectivity index (χ0n) is 26.7. The van der Waals surface area contributed by atoms with Gasteiger partial charge in [0.15, 0.2) is 0 Å². The largest absolute Gasteiger partial charge is 0.343 e. The normalized spacial score (nSPS) is 11.4. The Kier molecular flexibility index (Phi) is 6.16. The van der Waals surface area contributed by atoms with Crippen molar-refractivity contribution in [2.45, 2.75) is 0 Å². The van der Waals surface area contributed by atoms with Gasteiger partial charge in [-0.2, -0.15) is 0 Å². The van der Waals surface area contributed by atoms with Gasteiger partial charge in [0.2, 0.25) is 0 Å². The van der Waals surface area contributed by atoms with Crippen LogP contribution in [0.1, 0.15) is 22.3 Å². The zero-order valence-corrected chi connectivity index (χ0v) is 27.5. The van der Waals surface area contributed by atoms with Crippen LogP contribution in [-0.2, 0) is 7.05 Å². The van der Waals surface area contributed by atoms with E-state index in [1.54, 1.807) is 0 Å². The molecule has 0 N–H and O–H groups in total. The average Bonchev–Trinajstić information content (AvgIpc) is 3.67. The van der Waals surface area contributed by atoms with E-state index >= 15 is 0 Å². The fraction of sp³-hybridized carbons (Fsp3) is 0.0213. The van der Waals surface area contributed by atoms with Gasteiger partial charge in [-0.25, -0.2) is 0 Å². The van der Waals surface area contributed by atoms with E-state index in [0.29, 0.717) is 0 Å². The first-order valence-corrected chi connectivity index (χ1v) is 17.3. The van der Waals surface area contributed by atoms with Gasteiger partial charge in [0.25, 0.3) is 0 Å². The van der Waals surface area contributed by atoms with E-state index in [4.69, 9.17) is 0 Å². The van der Waals surface area contributed by atoms with Crippen molar-refractivity contribution in [2.75, 3.05) is 0 Å². The van der Waals surface area contributed by atoms with Crippen LogP contribution in [0, 0.1) is 23.7 Å². The molecule has 2 heterocycles. The lowest BCUT2D eigenvalue weighted by Gasteiger charge is -2.05. The monoisotopic (exact) mass is 637 g/mol. The highest BCUT2D eigenvalue weighted by atomic mass is 32.1. The molecule has 226 valence electrons. The highest BCUT2D eigenvalue weighted by molar-refractivity contribution is 7.26. The number of nitrogens with zero attached hydrogens (tertiary/aromatic N) is 1. The Balaban J connectivity index is 1.04. The molecule has 0 unspecified atom stereocenters. The summed E-state index contributed by atoms with van der Waals surface area (Å²) in [4.78, 5) is 0. The molecule has 1 nitrogen and oxygen atoms in total. The summed E-state index contributed by atoms with van der Waals surface area (Å²) < 4.78 is 4.93. The Morgan fingerprint density at radius 2 is 0.857 bits per heavy atom. The summed E-state index contributed by atoms with van der Waals surface area (Å²) in [6.07, 6.45) is 0. The standard InChI is InChI=1S/C47H27NS/c1-48-44-28-32(12-10-30-14-18-34-6-2-4-8-36(34)26-30)16-20-38(44)40-22-25-43-41(46(40)48)23-24-42-39-21-17-33(29-45(39)49-47(42)43)13-11-31-15-19-35-7-3-5-9-37(35)27-31/h2-9,14-29H,1H3. The molecule has 49 heavy (non-hydrogen) atoms. The molecule has 0 aliphatic carbocycles. The molecule has 0 atom stereocenters. The fourth-order valence-corrected chi connectivity index (χ4v) is 8.61. The number of hydrogen-bond acceptors (Lipinski definition) is 1. The van der Waals surface area contributed by atoms with E-state index in [-0.39, 0.29) is 0 Å². The van der Waals surface area contributed by atoms with Crippen molar-refractivity contribution >= 4 is 85.6 Å². The van der Waals surface area contributed by atoms with Crippen LogP contribution in [-0.4, -0.2) is 4.57 Å². The Morgan fingerprint density at radius 3 is 1.49 bits per heavy atom. The van der Waals surface area contributed by atoms with Crippen molar-refractivity contribution in [1.29, 1.82) is 0 Å². The third-order valence-corrected chi connectivity index (χ3v) is 11.0. The molecule has 0 fully saturated rings. The van der Waals surface area contributed by atoms with E-state index in [9.17, 15) is 0 Å². The van der Waals surface area contributed by atoms with Crippen molar-refractivity contribution in [2.24, 2.45) is 7.05 Å². The molecular formula is C47H27NS. The molecule has 10 aromatic rings. The average molecular weight is 638 g/mol. The summed E-state index contributed by atoms with van der Waals surface area (Å²) in [6.45, 7) is 0. The first kappa shape index (κ1) is 27.8. The molecule has 0 saturated heterocycles. The van der Waals surface area contributed by atoms with Gasteiger partial charge >= 0.3 is 0 Å². The molecule has 8 aromatic carbocycles. The highest BCUT2D eigenvalue weighted by Gasteiger charge is 2.15. The van der Waals surface area contributed by atoms with Crippen molar-refractivity contribution in [3.05, 3.63) is 168 Å². The van der Waals surface area contributed by atoms with Gasteiger partial charge in [0, 0.05) is 71.0 Å². The van der Waals surface area contributed by atoms with Crippen LogP contribution in [0.2, 0.25) is 0 Å². The summed E-state index contributed by atoms with van der Waals surface area (Å²) in [7, 11) is 2.18. The van der Waals surface area contributed by atoms with Crippen molar-refractivity contribution in [3.63, 3.8) is 0 Å². The van der Waals surface area contributed by atoms with Crippen LogP contribution in [0.4, 0.5) is 0 Å². The topological polar surface area (TPSA) is 4.93 Å². The minimum absolute atomic E-state index is 1.02. The van der Waals surface area contributed by atoms with Gasteiger partial charge in [-0.3, -0.25) is 0 Å². The second kappa shape index (κ2) is 10.9. The molecule has 2 heteroatoms. The number of fused-ring (bicyclic) bond motifs is 11. The highest BCUT2D eigenvalue weighted by Crippen LogP contribution is 2.42. The first-order valence-electron chi connectivity index (χ1n) is 16.5. The third kappa shape index (κ3) is 4.58. The predicted molar refractivity (Wildman–Crippen MR) is 211 cm³/mol. The third-order valence-electron chi connectivity index (χ3n) is 9.79. The number of thiophene rings is 1. The SMILES string of the molecule is Cn1c2cc(C#Cc3ccc4ccccc4c3)ccc2c2ccc3c(ccc4c5ccc(C#Cc6ccc7ccccc7c6)cc5sc43)c21. The van der Waals surface area contributed by atoms with Crippen molar-refractivity contribution in [1.82, 2.24) is 4.57 Å². The second-order valence-corrected chi connectivity index (χ2v) is 13.8. The lowest BCUT2D eigenvalue weighted by Crippen LogP contribution is -1.88. The van der Waals surface area contributed by atoms with Gasteiger partial charge < -0.3 is 4.57 Å². The summed E-state index contributed by atoms with van der Waals surface area (Å²) in [5, 5.41) is 12.6. The van der Waals surface area contributed by atoms with E-state index < -0.39 is 0 Å². The number of hydrogen-bond donors (Lipinski definition) is 0. The van der Waals surface area contributed by atoms with E-state index in [1.165, 1.54) is 74.3 Å². The maximum atomic E-state index is 3.42. The van der Waals surface area contributed by atoms with Crippen LogP contribution in [0.15, 0.2) is 146 Å². The fourth-order valence-electron chi connectivity index (χ4n) is 7.34. The Labute approximate surface area is 287 Å². The molecule has 0 aliphatic heterocycles. The number of aromatic nitrogens is 1. The second-order valence-electron chi connectivity index (χ2n) is 12.7. The van der Waals surface area contributed by atoms with Gasteiger partial charge in [-0.15, -0.1) is 11.3 Å². The summed E-state index contributed by atoms with van der Waals surface area (Å²) in [6, 6.07) is 52.1. The molecule has 0 bridgehead atoms. The Hall–Kier alpha value is -6.32. The van der Waals surface area contributed by atoms with Crippen LogP contribution in [0.5, 0.6) is 0 Å². The van der Waals surface area contributed by atoms with Gasteiger partial charge in [-0.1, -0.05) is 121 Å². The summed E-state index contributed by atoms with van der Waals surface area (Å²) in [5.41, 5.74) is 6.56. The molecule has 0 saturated carbocycles. The molecule has 2 aromatic heterocycles. The van der Waals surface area contributed by atoms with E-state index in [2.05, 4.69) is 181 Å². The van der Waals surface area contributed by atoms with Crippen LogP contribution in [0.3, 0.4) is 0 Å². The minimum Gasteiger partial charge on any atom is -0.343 e. The summed E-state index contributed by atoms with van der Waals surface area (Å²) in [5.74, 6) is 13.6. The molecular weight excluding hydrogens is 611 g/mol. The lowest BCUT2D eigenvalue weighted by atomic mass is 10.0. The predicted octanol–water partition coefficient (Wildman–Crippen LogP) is 12.0. The van der Waals surface area contributed by atoms with Gasteiger partial charge in [0.1, 0.15) is 0 Å². The zero-order chi connectivity index (χ0) is 32.5. The van der Waals surface area contributed by atoms with Gasteiger partial charge in [-0.05, 0) is 70.1 Å². The smallest absolute Gasteiger partial charge is 0.0568 e. The molecule has 0 spiro atoms. The van der Waals surface area contributed by atoms with Crippen LogP contribution < -0.4 is 0 Å². The Morgan fingerprint density at radius 1 is 0.408 bits per heavy atom. The Bertz CT molecular complexity index is 3130. The van der Waals surface area contributed by atoms with Crippen LogP contribution >= 0.6 is 11.3 Å². The number of rotatable bonds is 0. The molecule has 10 rings (SSSR count). The van der Waals surface area contributed by atoms with E-state index in [0.717, 1.165) is 22.3 Å². The van der Waals surface area contributed by atoms with Crippen molar-refractivity contribution in [3.8, 4) is 23.7 Å². The lowest BCUT2D eigenvalue weighted by molar-refractivity contribution is 1.02. The maximum absolute atomic E-state index is 3.42.